The van der Waals surface area contributed by atoms with Gasteiger partial charge in [-0.25, -0.2) is 9.78 Å². The van der Waals surface area contributed by atoms with Gasteiger partial charge in [-0.05, 0) is 99.9 Å². The fourth-order valence-corrected chi connectivity index (χ4v) is 8.22. The van der Waals surface area contributed by atoms with Crippen LogP contribution in [-0.2, 0) is 27.3 Å². The Labute approximate surface area is 333 Å². The number of pyridine rings is 1. The number of halogens is 3. The molecule has 54 heavy (non-hydrogen) atoms. The monoisotopic (exact) mass is 797 g/mol. The number of likely N-dealkylation sites (tertiary alicyclic amines) is 1. The van der Waals surface area contributed by atoms with Gasteiger partial charge in [0, 0.05) is 69.2 Å². The van der Waals surface area contributed by atoms with Gasteiger partial charge >= 0.3 is 6.09 Å². The molecule has 10 nitrogen and oxygen atoms in total. The van der Waals surface area contributed by atoms with Gasteiger partial charge in [0.1, 0.15) is 17.5 Å². The molecule has 290 valence electrons. The summed E-state index contributed by atoms with van der Waals surface area (Å²) < 4.78 is 12.0. The number of ether oxygens (including phenoxy) is 2. The van der Waals surface area contributed by atoms with Gasteiger partial charge in [-0.15, -0.1) is 0 Å². The second-order valence-electron chi connectivity index (χ2n) is 15.8. The molecule has 0 unspecified atom stereocenters. The molecule has 3 heterocycles. The lowest BCUT2D eigenvalue weighted by Crippen LogP contribution is -2.51. The molecule has 0 spiro atoms. The first-order valence-electron chi connectivity index (χ1n) is 18.8. The van der Waals surface area contributed by atoms with E-state index in [-0.39, 0.29) is 36.4 Å². The highest BCUT2D eigenvalue weighted by atomic mass is 35.5. The van der Waals surface area contributed by atoms with E-state index in [0.717, 1.165) is 53.9 Å². The van der Waals surface area contributed by atoms with Crippen molar-refractivity contribution in [3.63, 3.8) is 0 Å². The lowest BCUT2D eigenvalue weighted by atomic mass is 9.80. The molecule has 3 amide bonds. The number of carbonyl (C=O) groups is 3. The largest absolute Gasteiger partial charge is 0.485 e. The van der Waals surface area contributed by atoms with E-state index < -0.39 is 17.6 Å². The van der Waals surface area contributed by atoms with Crippen LogP contribution in [0.15, 0.2) is 48.7 Å². The summed E-state index contributed by atoms with van der Waals surface area (Å²) in [6.07, 6.45) is 5.23. The summed E-state index contributed by atoms with van der Waals surface area (Å²) in [4.78, 5) is 50.2. The minimum atomic E-state index is -0.660. The first-order valence-corrected chi connectivity index (χ1v) is 19.9. The summed E-state index contributed by atoms with van der Waals surface area (Å²) in [6, 6.07) is 13.7. The van der Waals surface area contributed by atoms with Gasteiger partial charge in [-0.3, -0.25) is 9.59 Å². The quantitative estimate of drug-likeness (QED) is 0.209. The zero-order valence-corrected chi connectivity index (χ0v) is 33.9. The number of nitrogens with zero attached hydrogens (tertiary/aromatic N) is 4. The first-order chi connectivity index (χ1) is 25.6. The van der Waals surface area contributed by atoms with Crippen molar-refractivity contribution in [2.75, 3.05) is 37.6 Å². The van der Waals surface area contributed by atoms with Crippen LogP contribution in [0.4, 0.5) is 10.6 Å². The van der Waals surface area contributed by atoms with E-state index in [4.69, 9.17) is 49.3 Å². The fourth-order valence-electron chi connectivity index (χ4n) is 7.35. The van der Waals surface area contributed by atoms with E-state index in [1.54, 1.807) is 4.90 Å². The van der Waals surface area contributed by atoms with E-state index in [9.17, 15) is 14.4 Å². The standard InChI is InChI=1S/C41H50Cl3N5O5/c1-25-18-35(43)38(36(44)19-25)53-31-13-16-47(23-31)37-11-7-28(21-46-37)32-14-17-48(40(52)54-41(3,4)5)24-33(32)39(51)49(30-8-9-30)22-29-20-27(6-10-34(29)42)12-15-45-26(2)50/h6-7,10-11,18-21,30-33H,8-9,12-17,22-24H2,1-5H3,(H,45,50)/t31-,32+,33-/m0/s1. The zero-order chi connectivity index (χ0) is 38.7. The predicted molar refractivity (Wildman–Crippen MR) is 213 cm³/mol. The number of piperidine rings is 1. The van der Waals surface area contributed by atoms with Gasteiger partial charge in [0.15, 0.2) is 5.75 Å². The Balaban J connectivity index is 1.20. The number of hydrogen-bond acceptors (Lipinski definition) is 7. The third-order valence-electron chi connectivity index (χ3n) is 10.2. The smallest absolute Gasteiger partial charge is 0.410 e. The van der Waals surface area contributed by atoms with Gasteiger partial charge in [0.05, 0.1) is 22.5 Å². The molecule has 0 radical (unpaired) electrons. The molecule has 0 bridgehead atoms. The number of amides is 3. The third-order valence-corrected chi connectivity index (χ3v) is 11.1. The lowest BCUT2D eigenvalue weighted by molar-refractivity contribution is -0.139. The molecule has 2 aliphatic heterocycles. The van der Waals surface area contributed by atoms with Gasteiger partial charge in [0.25, 0.3) is 0 Å². The molecule has 1 saturated carbocycles. The number of carbonyl (C=O) groups excluding carboxylic acids is 3. The Kier molecular flexibility index (Phi) is 12.5. The van der Waals surface area contributed by atoms with Crippen molar-refractivity contribution >= 4 is 58.5 Å². The van der Waals surface area contributed by atoms with Crippen LogP contribution in [0.25, 0.3) is 0 Å². The topological polar surface area (TPSA) is 104 Å². The van der Waals surface area contributed by atoms with E-state index in [1.165, 1.54) is 6.92 Å². The van der Waals surface area contributed by atoms with Crippen molar-refractivity contribution in [2.45, 2.75) is 96.9 Å². The predicted octanol–water partition coefficient (Wildman–Crippen LogP) is 8.22. The molecule has 1 aliphatic carbocycles. The average Bonchev–Trinajstić information content (AvgIpc) is 3.85. The third kappa shape index (κ3) is 10.1. The maximum atomic E-state index is 14.8. The Hall–Kier alpha value is -3.73. The SMILES string of the molecule is CC(=O)NCCc1ccc(Cl)c(CN(C(=O)[C@H]2CN(C(=O)OC(C)(C)C)CC[C@@H]2c2ccc(N3CC[C@H](Oc4c(Cl)cc(C)cc4Cl)C3)nc2)C2CC2)c1. The van der Waals surface area contributed by atoms with Gasteiger partial charge in [-0.2, -0.15) is 0 Å². The van der Waals surface area contributed by atoms with Crippen LogP contribution in [-0.4, -0.2) is 83.2 Å². The summed E-state index contributed by atoms with van der Waals surface area (Å²) >= 11 is 19.6. The molecule has 13 heteroatoms. The van der Waals surface area contributed by atoms with Gasteiger partial charge < -0.3 is 29.5 Å². The van der Waals surface area contributed by atoms with Crippen LogP contribution in [0.2, 0.25) is 15.1 Å². The molecule has 3 fully saturated rings. The average molecular weight is 799 g/mol. The van der Waals surface area contributed by atoms with Crippen molar-refractivity contribution in [1.82, 2.24) is 20.1 Å². The van der Waals surface area contributed by atoms with Crippen LogP contribution in [0, 0.1) is 12.8 Å². The summed E-state index contributed by atoms with van der Waals surface area (Å²) in [5, 5.41) is 4.43. The zero-order valence-electron chi connectivity index (χ0n) is 31.7. The van der Waals surface area contributed by atoms with Gasteiger partial charge in [0.2, 0.25) is 11.8 Å². The number of benzene rings is 2. The summed E-state index contributed by atoms with van der Waals surface area (Å²) in [7, 11) is 0. The van der Waals surface area contributed by atoms with Crippen LogP contribution in [0.3, 0.4) is 0 Å². The Bertz CT molecular complexity index is 1820. The Morgan fingerprint density at radius 1 is 0.944 bits per heavy atom. The molecule has 3 aromatic rings. The van der Waals surface area contributed by atoms with Gasteiger partial charge in [-0.1, -0.05) is 53.0 Å². The second kappa shape index (κ2) is 17.0. The molecular weight excluding hydrogens is 749 g/mol. The minimum Gasteiger partial charge on any atom is -0.485 e. The summed E-state index contributed by atoms with van der Waals surface area (Å²) in [6.45, 7) is 12.0. The van der Waals surface area contributed by atoms with Crippen molar-refractivity contribution in [3.05, 3.63) is 86.0 Å². The van der Waals surface area contributed by atoms with E-state index in [0.29, 0.717) is 59.8 Å². The number of anilines is 1. The minimum absolute atomic E-state index is 0.00693. The second-order valence-corrected chi connectivity index (χ2v) is 17.0. The van der Waals surface area contributed by atoms with Crippen molar-refractivity contribution < 1.29 is 23.9 Å². The molecule has 1 aromatic heterocycles. The highest BCUT2D eigenvalue weighted by Gasteiger charge is 2.43. The highest BCUT2D eigenvalue weighted by Crippen LogP contribution is 2.40. The van der Waals surface area contributed by atoms with Crippen molar-refractivity contribution in [3.8, 4) is 5.75 Å². The first kappa shape index (κ1) is 39.9. The van der Waals surface area contributed by atoms with E-state index in [1.807, 2.05) is 75.2 Å². The lowest BCUT2D eigenvalue weighted by Gasteiger charge is -2.40. The number of nitrogens with one attached hydrogen (secondary N) is 1. The number of aromatic nitrogens is 1. The van der Waals surface area contributed by atoms with Crippen LogP contribution >= 0.6 is 34.8 Å². The number of rotatable bonds is 11. The highest BCUT2D eigenvalue weighted by molar-refractivity contribution is 6.37. The fraction of sp³-hybridized carbons (Fsp3) is 0.512. The molecule has 2 saturated heterocycles. The number of aryl methyl sites for hydroxylation is 1. The number of hydrogen-bond donors (Lipinski definition) is 1. The molecule has 3 aliphatic rings. The van der Waals surface area contributed by atoms with Crippen LogP contribution < -0.4 is 15.0 Å². The Morgan fingerprint density at radius 3 is 2.33 bits per heavy atom. The Morgan fingerprint density at radius 2 is 1.69 bits per heavy atom. The molecule has 1 N–H and O–H groups in total. The normalized spacial score (nSPS) is 20.1. The maximum absolute atomic E-state index is 14.8. The van der Waals surface area contributed by atoms with Crippen LogP contribution in [0.1, 0.15) is 81.5 Å². The molecule has 6 rings (SSSR count). The molecular formula is C41H50Cl3N5O5. The maximum Gasteiger partial charge on any atom is 0.410 e. The van der Waals surface area contributed by atoms with E-state index in [2.05, 4.69) is 16.3 Å². The van der Waals surface area contributed by atoms with Crippen molar-refractivity contribution in [1.29, 1.82) is 0 Å². The summed E-state index contributed by atoms with van der Waals surface area (Å²) in [5.41, 5.74) is 3.16. The molecule has 2 aromatic carbocycles. The van der Waals surface area contributed by atoms with E-state index >= 15 is 0 Å². The van der Waals surface area contributed by atoms with Crippen LogP contribution in [0.5, 0.6) is 5.75 Å². The summed E-state index contributed by atoms with van der Waals surface area (Å²) in [5.74, 6) is 0.588. The molecule has 3 atom stereocenters. The van der Waals surface area contributed by atoms with Crippen molar-refractivity contribution in [2.24, 2.45) is 5.92 Å².